The molecule has 136 valence electrons. The average molecular weight is 378 g/mol. The molecule has 7 heteroatoms. The Hall–Kier alpha value is -2.73. The number of hydrogen-bond donors (Lipinski definition) is 1. The van der Waals surface area contributed by atoms with Crippen molar-refractivity contribution in [2.45, 2.75) is 13.3 Å². The van der Waals surface area contributed by atoms with Crippen LogP contribution in [0, 0.1) is 5.82 Å². The largest absolute Gasteiger partial charge is 0.454 e. The molecule has 0 radical (unpaired) electrons. The highest BCUT2D eigenvalue weighted by Gasteiger charge is 2.16. The first kappa shape index (κ1) is 19.6. The van der Waals surface area contributed by atoms with Crippen molar-refractivity contribution in [2.24, 2.45) is 0 Å². The molecule has 26 heavy (non-hydrogen) atoms. The van der Waals surface area contributed by atoms with Crippen LogP contribution in [0.3, 0.4) is 0 Å². The Kier molecular flexibility index (Phi) is 6.86. The summed E-state index contributed by atoms with van der Waals surface area (Å²) in [5, 5.41) is 2.85. The van der Waals surface area contributed by atoms with E-state index < -0.39 is 24.2 Å². The number of ether oxygens (including phenoxy) is 1. The lowest BCUT2D eigenvalue weighted by Crippen LogP contribution is -2.22. The summed E-state index contributed by atoms with van der Waals surface area (Å²) in [6.45, 7) is 1.46. The van der Waals surface area contributed by atoms with Crippen LogP contribution in [-0.2, 0) is 16.0 Å². The third-order valence-electron chi connectivity index (χ3n) is 3.55. The van der Waals surface area contributed by atoms with Gasteiger partial charge in [-0.2, -0.15) is 0 Å². The topological polar surface area (TPSA) is 72.5 Å². The van der Waals surface area contributed by atoms with Crippen LogP contribution >= 0.6 is 11.6 Å². The SMILES string of the molecule is CC(=O)NCCc1ccc(C(=O)COC(=O)c2ccc(Cl)cc2F)cc1. The number of esters is 1. The highest BCUT2D eigenvalue weighted by atomic mass is 35.5. The molecule has 0 bridgehead atoms. The zero-order valence-electron chi connectivity index (χ0n) is 14.1. The number of carbonyl (C=O) groups is 3. The molecule has 0 heterocycles. The molecule has 2 rings (SSSR count). The normalized spacial score (nSPS) is 10.3. The molecule has 0 aliphatic carbocycles. The summed E-state index contributed by atoms with van der Waals surface area (Å²) in [4.78, 5) is 34.8. The fraction of sp³-hybridized carbons (Fsp3) is 0.211. The molecular weight excluding hydrogens is 361 g/mol. The van der Waals surface area contributed by atoms with Crippen LogP contribution in [0.15, 0.2) is 42.5 Å². The predicted molar refractivity (Wildman–Crippen MR) is 94.9 cm³/mol. The predicted octanol–water partition coefficient (Wildman–Crippen LogP) is 3.20. The fourth-order valence-corrected chi connectivity index (χ4v) is 2.35. The third kappa shape index (κ3) is 5.67. The first-order valence-electron chi connectivity index (χ1n) is 7.85. The minimum atomic E-state index is -0.931. The molecule has 0 spiro atoms. The van der Waals surface area contributed by atoms with Crippen molar-refractivity contribution >= 4 is 29.3 Å². The first-order valence-corrected chi connectivity index (χ1v) is 8.23. The second kappa shape index (κ2) is 9.10. The molecular formula is C19H17ClFNO4. The van der Waals surface area contributed by atoms with Crippen LogP contribution in [0.4, 0.5) is 4.39 Å². The van der Waals surface area contributed by atoms with Crippen molar-refractivity contribution in [2.75, 3.05) is 13.2 Å². The van der Waals surface area contributed by atoms with E-state index in [1.54, 1.807) is 24.3 Å². The van der Waals surface area contributed by atoms with Crippen molar-refractivity contribution in [3.05, 3.63) is 70.0 Å². The summed E-state index contributed by atoms with van der Waals surface area (Å²) in [6, 6.07) is 10.3. The van der Waals surface area contributed by atoms with Gasteiger partial charge in [0.05, 0.1) is 5.56 Å². The molecule has 2 aromatic carbocycles. The molecule has 0 unspecified atom stereocenters. The number of amides is 1. The second-order valence-electron chi connectivity index (χ2n) is 5.55. The number of ketones is 1. The Morgan fingerprint density at radius 1 is 1.12 bits per heavy atom. The van der Waals surface area contributed by atoms with E-state index in [4.69, 9.17) is 16.3 Å². The van der Waals surface area contributed by atoms with Gasteiger partial charge in [-0.15, -0.1) is 0 Å². The molecule has 1 N–H and O–H groups in total. The van der Waals surface area contributed by atoms with Crippen LogP contribution in [0.2, 0.25) is 5.02 Å². The number of halogens is 2. The van der Waals surface area contributed by atoms with Crippen molar-refractivity contribution < 1.29 is 23.5 Å². The highest BCUT2D eigenvalue weighted by molar-refractivity contribution is 6.30. The van der Waals surface area contributed by atoms with Gasteiger partial charge in [0.2, 0.25) is 5.91 Å². The number of rotatable bonds is 7. The van der Waals surface area contributed by atoms with Gasteiger partial charge in [0.15, 0.2) is 12.4 Å². The van der Waals surface area contributed by atoms with Crippen LogP contribution in [0.1, 0.15) is 33.2 Å². The van der Waals surface area contributed by atoms with Gasteiger partial charge in [0, 0.05) is 24.1 Å². The standard InChI is InChI=1S/C19H17ClFNO4/c1-12(23)22-9-8-13-2-4-14(5-3-13)18(24)11-26-19(25)16-7-6-15(20)10-17(16)21/h2-7,10H,8-9,11H2,1H3,(H,22,23). The maximum atomic E-state index is 13.6. The molecule has 2 aromatic rings. The summed E-state index contributed by atoms with van der Waals surface area (Å²) in [5.74, 6) is -2.24. The Balaban J connectivity index is 1.89. The van der Waals surface area contributed by atoms with Crippen LogP contribution in [0.25, 0.3) is 0 Å². The van der Waals surface area contributed by atoms with Gasteiger partial charge in [-0.3, -0.25) is 9.59 Å². The van der Waals surface area contributed by atoms with Gasteiger partial charge in [-0.05, 0) is 30.2 Å². The summed E-state index contributed by atoms with van der Waals surface area (Å²) in [7, 11) is 0. The van der Waals surface area contributed by atoms with E-state index in [0.29, 0.717) is 18.5 Å². The Morgan fingerprint density at radius 3 is 2.42 bits per heavy atom. The van der Waals surface area contributed by atoms with Crippen molar-refractivity contribution in [1.29, 1.82) is 0 Å². The minimum absolute atomic E-state index is 0.101. The summed E-state index contributed by atoms with van der Waals surface area (Å²) >= 11 is 5.62. The number of nitrogens with one attached hydrogen (secondary N) is 1. The monoisotopic (exact) mass is 377 g/mol. The van der Waals surface area contributed by atoms with E-state index in [-0.39, 0.29) is 16.5 Å². The zero-order valence-corrected chi connectivity index (χ0v) is 14.8. The molecule has 0 aliphatic rings. The van der Waals surface area contributed by atoms with Crippen molar-refractivity contribution in [3.8, 4) is 0 Å². The van der Waals surface area contributed by atoms with Gasteiger partial charge < -0.3 is 10.1 Å². The molecule has 0 fully saturated rings. The first-order chi connectivity index (χ1) is 12.4. The minimum Gasteiger partial charge on any atom is -0.454 e. The summed E-state index contributed by atoms with van der Waals surface area (Å²) in [6.07, 6.45) is 0.638. The van der Waals surface area contributed by atoms with E-state index in [1.165, 1.54) is 19.1 Å². The average Bonchev–Trinajstić information content (AvgIpc) is 2.59. The molecule has 0 aliphatic heterocycles. The van der Waals surface area contributed by atoms with Gasteiger partial charge >= 0.3 is 5.97 Å². The zero-order chi connectivity index (χ0) is 19.1. The maximum absolute atomic E-state index is 13.6. The second-order valence-corrected chi connectivity index (χ2v) is 5.99. The highest BCUT2D eigenvalue weighted by Crippen LogP contribution is 2.15. The molecule has 1 amide bonds. The van der Waals surface area contributed by atoms with E-state index in [2.05, 4.69) is 5.32 Å². The quantitative estimate of drug-likeness (QED) is 0.594. The van der Waals surface area contributed by atoms with E-state index in [0.717, 1.165) is 11.6 Å². The Morgan fingerprint density at radius 2 is 1.81 bits per heavy atom. The van der Waals surface area contributed by atoms with E-state index >= 15 is 0 Å². The van der Waals surface area contributed by atoms with Crippen molar-refractivity contribution in [3.63, 3.8) is 0 Å². The lowest BCUT2D eigenvalue weighted by Gasteiger charge is -2.07. The lowest BCUT2D eigenvalue weighted by molar-refractivity contribution is -0.118. The number of Topliss-reactive ketones (excluding diaryl/α,β-unsaturated/α-hetero) is 1. The third-order valence-corrected chi connectivity index (χ3v) is 3.78. The smallest absolute Gasteiger partial charge is 0.341 e. The fourth-order valence-electron chi connectivity index (χ4n) is 2.19. The van der Waals surface area contributed by atoms with Gasteiger partial charge in [-0.25, -0.2) is 9.18 Å². The number of benzene rings is 2. The molecule has 0 saturated carbocycles. The summed E-state index contributed by atoms with van der Waals surface area (Å²) in [5.41, 5.74) is 1.05. The van der Waals surface area contributed by atoms with Gasteiger partial charge in [-0.1, -0.05) is 35.9 Å². The Labute approximate surface area is 155 Å². The van der Waals surface area contributed by atoms with Crippen LogP contribution in [0.5, 0.6) is 0 Å². The van der Waals surface area contributed by atoms with Crippen molar-refractivity contribution in [1.82, 2.24) is 5.32 Å². The molecule has 5 nitrogen and oxygen atoms in total. The number of hydrogen-bond acceptors (Lipinski definition) is 4. The van der Waals surface area contributed by atoms with Gasteiger partial charge in [0.1, 0.15) is 5.82 Å². The van der Waals surface area contributed by atoms with Crippen LogP contribution < -0.4 is 5.32 Å². The maximum Gasteiger partial charge on any atom is 0.341 e. The van der Waals surface area contributed by atoms with Gasteiger partial charge in [0.25, 0.3) is 0 Å². The molecule has 0 saturated heterocycles. The lowest BCUT2D eigenvalue weighted by atomic mass is 10.1. The summed E-state index contributed by atoms with van der Waals surface area (Å²) < 4.78 is 18.5. The number of carbonyl (C=O) groups excluding carboxylic acids is 3. The van der Waals surface area contributed by atoms with E-state index in [1.807, 2.05) is 0 Å². The Bertz CT molecular complexity index is 821. The molecule has 0 aromatic heterocycles. The van der Waals surface area contributed by atoms with Crippen LogP contribution in [-0.4, -0.2) is 30.8 Å². The van der Waals surface area contributed by atoms with E-state index in [9.17, 15) is 18.8 Å². The molecule has 0 atom stereocenters.